The van der Waals surface area contributed by atoms with Crippen molar-refractivity contribution in [3.05, 3.63) is 0 Å². The van der Waals surface area contributed by atoms with Crippen molar-refractivity contribution in [3.8, 4) is 0 Å². The molecule has 0 aromatic carbocycles. The van der Waals surface area contributed by atoms with E-state index in [0.717, 1.165) is 38.5 Å². The van der Waals surface area contributed by atoms with E-state index < -0.39 is 0 Å². The standard InChI is InChI=1S/C33H52O5/c1-20(34)23-11-16-33(19-37-21(2)35)18-17-31(7)24(28(23)33)9-10-26-30(6)14-13-27(38-22(3)36)29(4,5)25(30)12-15-32(26,31)8/h23-28H,9-19H2,1-8H3/t23-,24+,25-,26+,27-,28+,30-,31+,32+,33+/m0/s1. The summed E-state index contributed by atoms with van der Waals surface area (Å²) < 4.78 is 11.6. The molecule has 0 unspecified atom stereocenters. The molecule has 38 heavy (non-hydrogen) atoms. The first kappa shape index (κ1) is 28.1. The zero-order valence-electron chi connectivity index (χ0n) is 25.3. The third-order valence-electron chi connectivity index (χ3n) is 13.9. The molecule has 10 atom stereocenters. The first-order chi connectivity index (χ1) is 17.6. The molecule has 0 heterocycles. The monoisotopic (exact) mass is 528 g/mol. The van der Waals surface area contributed by atoms with Crippen LogP contribution in [0.4, 0.5) is 0 Å². The number of hydrogen-bond acceptors (Lipinski definition) is 5. The second-order valence-electron chi connectivity index (χ2n) is 15.6. The maximum atomic E-state index is 13.0. The fraction of sp³-hybridized carbons (Fsp3) is 0.909. The van der Waals surface area contributed by atoms with E-state index in [1.807, 2.05) is 0 Å². The van der Waals surface area contributed by atoms with Crippen LogP contribution in [0.5, 0.6) is 0 Å². The van der Waals surface area contributed by atoms with Crippen LogP contribution in [0.2, 0.25) is 0 Å². The van der Waals surface area contributed by atoms with Gasteiger partial charge in [0.15, 0.2) is 0 Å². The molecular formula is C33H52O5. The Morgan fingerprint density at radius 1 is 0.711 bits per heavy atom. The number of ether oxygens (including phenoxy) is 2. The second-order valence-corrected chi connectivity index (χ2v) is 15.6. The molecule has 0 N–H and O–H groups in total. The molecule has 5 aliphatic rings. The Balaban J connectivity index is 1.49. The van der Waals surface area contributed by atoms with Crippen LogP contribution in [-0.2, 0) is 23.9 Å². The molecule has 0 bridgehead atoms. The molecule has 0 spiro atoms. The predicted molar refractivity (Wildman–Crippen MR) is 147 cm³/mol. The average Bonchev–Trinajstić information content (AvgIpc) is 3.20. The van der Waals surface area contributed by atoms with Crippen LogP contribution < -0.4 is 0 Å². The maximum absolute atomic E-state index is 13.0. The molecule has 0 amide bonds. The summed E-state index contributed by atoms with van der Waals surface area (Å²) in [6, 6.07) is 0. The van der Waals surface area contributed by atoms with E-state index in [9.17, 15) is 14.4 Å². The van der Waals surface area contributed by atoms with Gasteiger partial charge in [0.2, 0.25) is 0 Å². The summed E-state index contributed by atoms with van der Waals surface area (Å²) in [6.45, 7) is 17.8. The molecule has 0 aliphatic heterocycles. The van der Waals surface area contributed by atoms with Gasteiger partial charge in [-0.25, -0.2) is 0 Å². The maximum Gasteiger partial charge on any atom is 0.302 e. The zero-order chi connectivity index (χ0) is 27.9. The fourth-order valence-corrected chi connectivity index (χ4v) is 12.1. The Morgan fingerprint density at radius 2 is 1.42 bits per heavy atom. The van der Waals surface area contributed by atoms with E-state index in [2.05, 4.69) is 34.6 Å². The molecule has 5 rings (SSSR count). The van der Waals surface area contributed by atoms with Crippen molar-refractivity contribution in [2.45, 2.75) is 126 Å². The Hall–Kier alpha value is -1.39. The van der Waals surface area contributed by atoms with Crippen LogP contribution in [0.1, 0.15) is 120 Å². The highest BCUT2D eigenvalue weighted by Gasteiger charge is 2.71. The van der Waals surface area contributed by atoms with Gasteiger partial charge in [-0.05, 0) is 111 Å². The lowest BCUT2D eigenvalue weighted by Gasteiger charge is -2.73. The molecule has 0 radical (unpaired) electrons. The third kappa shape index (κ3) is 3.79. The topological polar surface area (TPSA) is 69.7 Å². The molecule has 0 aromatic rings. The highest BCUT2D eigenvalue weighted by molar-refractivity contribution is 5.79. The number of carbonyl (C=O) groups is 3. The van der Waals surface area contributed by atoms with Gasteiger partial charge < -0.3 is 9.47 Å². The van der Waals surface area contributed by atoms with Gasteiger partial charge in [0.25, 0.3) is 0 Å². The highest BCUT2D eigenvalue weighted by atomic mass is 16.5. The number of carbonyl (C=O) groups excluding carboxylic acids is 3. The highest BCUT2D eigenvalue weighted by Crippen LogP contribution is 2.77. The second kappa shape index (κ2) is 9.06. The van der Waals surface area contributed by atoms with E-state index >= 15 is 0 Å². The Bertz CT molecular complexity index is 1000. The molecule has 5 heteroatoms. The molecule has 214 valence electrons. The van der Waals surface area contributed by atoms with E-state index in [1.165, 1.54) is 32.6 Å². The van der Waals surface area contributed by atoms with Crippen LogP contribution in [-0.4, -0.2) is 30.4 Å². The van der Waals surface area contributed by atoms with Crippen molar-refractivity contribution in [1.29, 1.82) is 0 Å². The normalized spacial score (nSPS) is 49.1. The van der Waals surface area contributed by atoms with Crippen LogP contribution in [0.25, 0.3) is 0 Å². The molecular weight excluding hydrogens is 476 g/mol. The Morgan fingerprint density at radius 3 is 2.05 bits per heavy atom. The van der Waals surface area contributed by atoms with E-state index in [0.29, 0.717) is 36.1 Å². The lowest BCUT2D eigenvalue weighted by Crippen LogP contribution is -2.67. The van der Waals surface area contributed by atoms with Gasteiger partial charge in [-0.2, -0.15) is 0 Å². The zero-order valence-corrected chi connectivity index (χ0v) is 25.3. The largest absolute Gasteiger partial charge is 0.465 e. The number of fused-ring (bicyclic) bond motifs is 7. The van der Waals surface area contributed by atoms with Crippen LogP contribution >= 0.6 is 0 Å². The Kier molecular flexibility index (Phi) is 6.71. The summed E-state index contributed by atoms with van der Waals surface area (Å²) in [5, 5.41) is 0. The van der Waals surface area contributed by atoms with Crippen molar-refractivity contribution in [3.63, 3.8) is 0 Å². The van der Waals surface area contributed by atoms with Gasteiger partial charge in [-0.3, -0.25) is 14.4 Å². The quantitative estimate of drug-likeness (QED) is 0.362. The number of Topliss-reactive ketones (excluding diaryl/α,β-unsaturated/α-hetero) is 1. The minimum atomic E-state index is -0.202. The first-order valence-electron chi connectivity index (χ1n) is 15.4. The third-order valence-corrected chi connectivity index (χ3v) is 13.9. The summed E-state index contributed by atoms with van der Waals surface area (Å²) in [5.41, 5.74) is 0.532. The van der Waals surface area contributed by atoms with Crippen LogP contribution in [0.15, 0.2) is 0 Å². The number of ketones is 1. The lowest BCUT2D eigenvalue weighted by atomic mass is 9.32. The van der Waals surface area contributed by atoms with Gasteiger partial charge in [0.05, 0.1) is 6.61 Å². The minimum Gasteiger partial charge on any atom is -0.465 e. The first-order valence-corrected chi connectivity index (χ1v) is 15.4. The van der Waals surface area contributed by atoms with Crippen molar-refractivity contribution < 1.29 is 23.9 Å². The van der Waals surface area contributed by atoms with Crippen molar-refractivity contribution in [2.24, 2.45) is 56.7 Å². The smallest absolute Gasteiger partial charge is 0.302 e. The lowest BCUT2D eigenvalue weighted by molar-refractivity contribution is -0.252. The van der Waals surface area contributed by atoms with E-state index in [4.69, 9.17) is 9.47 Å². The minimum absolute atomic E-state index is 0.000688. The van der Waals surface area contributed by atoms with Crippen LogP contribution in [0.3, 0.4) is 0 Å². The molecule has 5 nitrogen and oxygen atoms in total. The van der Waals surface area contributed by atoms with Crippen molar-refractivity contribution >= 4 is 17.7 Å². The van der Waals surface area contributed by atoms with Gasteiger partial charge >= 0.3 is 11.9 Å². The summed E-state index contributed by atoms with van der Waals surface area (Å²) in [7, 11) is 0. The molecule has 5 aliphatic carbocycles. The van der Waals surface area contributed by atoms with E-state index in [-0.39, 0.29) is 51.0 Å². The van der Waals surface area contributed by atoms with Crippen LogP contribution in [0, 0.1) is 56.7 Å². The van der Waals surface area contributed by atoms with Crippen molar-refractivity contribution in [1.82, 2.24) is 0 Å². The molecule has 5 saturated carbocycles. The summed E-state index contributed by atoms with van der Waals surface area (Å²) in [4.78, 5) is 36.8. The van der Waals surface area contributed by atoms with Gasteiger partial charge in [-0.1, -0.05) is 34.6 Å². The summed E-state index contributed by atoms with van der Waals surface area (Å²) in [5.74, 6) is 2.05. The van der Waals surface area contributed by atoms with Gasteiger partial charge in [0, 0.05) is 30.6 Å². The van der Waals surface area contributed by atoms with Gasteiger partial charge in [-0.15, -0.1) is 0 Å². The summed E-state index contributed by atoms with van der Waals surface area (Å²) >= 11 is 0. The van der Waals surface area contributed by atoms with Crippen molar-refractivity contribution in [2.75, 3.05) is 6.61 Å². The fourth-order valence-electron chi connectivity index (χ4n) is 12.1. The predicted octanol–water partition coefficient (Wildman–Crippen LogP) is 7.15. The van der Waals surface area contributed by atoms with E-state index in [1.54, 1.807) is 13.8 Å². The Labute approximate surface area is 230 Å². The molecule has 5 fully saturated rings. The van der Waals surface area contributed by atoms with Gasteiger partial charge in [0.1, 0.15) is 11.9 Å². The summed E-state index contributed by atoms with van der Waals surface area (Å²) in [6.07, 6.45) is 11.0. The number of rotatable bonds is 4. The molecule has 0 saturated heterocycles. The number of hydrogen-bond donors (Lipinski definition) is 0. The SMILES string of the molecule is CC(=O)OC[C@]12CC[C@@H](C(C)=O)[C@@H]1[C@H]1CC[C@@H]3[C@@]4(C)CC[C@H](OC(C)=O)C(C)(C)[C@@H]4CC[C@@]3(C)[C@]1(C)CC2. The molecule has 0 aromatic heterocycles. The average molecular weight is 529 g/mol. The number of esters is 2.